The van der Waals surface area contributed by atoms with Crippen LogP contribution in [-0.4, -0.2) is 34.9 Å². The zero-order chi connectivity index (χ0) is 14.8. The minimum absolute atomic E-state index is 0.0785. The van der Waals surface area contributed by atoms with E-state index < -0.39 is 10.7 Å². The van der Waals surface area contributed by atoms with Gasteiger partial charge >= 0.3 is 5.69 Å². The molecule has 0 aliphatic heterocycles. The van der Waals surface area contributed by atoms with E-state index in [1.165, 1.54) is 27.7 Å². The fraction of sp³-hybridized carbons (Fsp3) is 0.0909. The topological polar surface area (TPSA) is 105 Å². The summed E-state index contributed by atoms with van der Waals surface area (Å²) in [5.41, 5.74) is 0.0547. The van der Waals surface area contributed by atoms with Crippen LogP contribution in [0.15, 0.2) is 36.7 Å². The lowest BCUT2D eigenvalue weighted by Gasteiger charge is -2.05. The van der Waals surface area contributed by atoms with Gasteiger partial charge < -0.3 is 0 Å². The molecule has 0 atom stereocenters. The van der Waals surface area contributed by atoms with Crippen molar-refractivity contribution in [1.82, 2.24) is 30.0 Å². The minimum atomic E-state index is -0.552. The molecule has 2 heterocycles. The predicted molar refractivity (Wildman–Crippen MR) is 67.1 cm³/mol. The van der Waals surface area contributed by atoms with Crippen LogP contribution in [0.4, 0.5) is 10.1 Å². The number of halogens is 1. The summed E-state index contributed by atoms with van der Waals surface area (Å²) < 4.78 is 16.3. The number of benzene rings is 1. The van der Waals surface area contributed by atoms with Gasteiger partial charge in [0.1, 0.15) is 30.4 Å². The Hall–Kier alpha value is -3.17. The quantitative estimate of drug-likeness (QED) is 0.523. The Labute approximate surface area is 116 Å². The molecule has 0 saturated heterocycles. The second-order valence-electron chi connectivity index (χ2n) is 4.11. The molecule has 10 heteroatoms. The number of aromatic nitrogens is 6. The number of rotatable bonds is 4. The van der Waals surface area contributed by atoms with Crippen LogP contribution in [0, 0.1) is 15.9 Å². The summed E-state index contributed by atoms with van der Waals surface area (Å²) in [4.78, 5) is 10.1. The molecular formula is C11H8FN7O2. The summed E-state index contributed by atoms with van der Waals surface area (Å²) in [6.07, 6.45) is 2.37. The molecule has 3 aromatic rings. The fourth-order valence-electron chi connectivity index (χ4n) is 1.79. The van der Waals surface area contributed by atoms with Gasteiger partial charge in [0, 0.05) is 0 Å². The number of nitro groups is 1. The summed E-state index contributed by atoms with van der Waals surface area (Å²) in [7, 11) is 0. The molecule has 0 spiro atoms. The fourth-order valence-corrected chi connectivity index (χ4v) is 1.79. The lowest BCUT2D eigenvalue weighted by Crippen LogP contribution is -2.10. The molecule has 0 aliphatic rings. The van der Waals surface area contributed by atoms with Crippen LogP contribution in [0.3, 0.4) is 0 Å². The zero-order valence-corrected chi connectivity index (χ0v) is 10.5. The molecule has 21 heavy (non-hydrogen) atoms. The number of hydrogen-bond acceptors (Lipinski definition) is 6. The lowest BCUT2D eigenvalue weighted by atomic mass is 10.3. The van der Waals surface area contributed by atoms with Crippen molar-refractivity contribution < 1.29 is 9.31 Å². The summed E-state index contributed by atoms with van der Waals surface area (Å²) in [5, 5.41) is 25.5. The van der Waals surface area contributed by atoms with Gasteiger partial charge in [-0.15, -0.1) is 5.10 Å². The van der Waals surface area contributed by atoms with Gasteiger partial charge in [0.15, 0.2) is 5.82 Å². The molecule has 0 fully saturated rings. The van der Waals surface area contributed by atoms with Gasteiger partial charge in [0.05, 0.1) is 4.92 Å². The number of hydrogen-bond donors (Lipinski definition) is 0. The average molecular weight is 289 g/mol. The van der Waals surface area contributed by atoms with Crippen molar-refractivity contribution in [3.63, 3.8) is 0 Å². The second-order valence-corrected chi connectivity index (χ2v) is 4.11. The molecule has 1 aromatic carbocycles. The maximum absolute atomic E-state index is 13.8. The Morgan fingerprint density at radius 1 is 1.33 bits per heavy atom. The zero-order valence-electron chi connectivity index (χ0n) is 10.5. The molecule has 106 valence electrons. The van der Waals surface area contributed by atoms with Gasteiger partial charge in [0.25, 0.3) is 0 Å². The van der Waals surface area contributed by atoms with E-state index in [1.807, 2.05) is 0 Å². The highest BCUT2D eigenvalue weighted by Crippen LogP contribution is 2.14. The van der Waals surface area contributed by atoms with E-state index >= 15 is 0 Å². The highest BCUT2D eigenvalue weighted by atomic mass is 19.1. The van der Waals surface area contributed by atoms with Crippen molar-refractivity contribution in [2.24, 2.45) is 0 Å². The molecule has 0 aliphatic carbocycles. The van der Waals surface area contributed by atoms with E-state index in [2.05, 4.69) is 20.6 Å². The van der Waals surface area contributed by atoms with E-state index in [4.69, 9.17) is 0 Å². The maximum atomic E-state index is 13.8. The average Bonchev–Trinajstić information content (AvgIpc) is 3.09. The van der Waals surface area contributed by atoms with Crippen molar-refractivity contribution in [2.45, 2.75) is 6.54 Å². The summed E-state index contributed by atoms with van der Waals surface area (Å²) in [5.74, 6) is -0.171. The van der Waals surface area contributed by atoms with E-state index in [-0.39, 0.29) is 17.9 Å². The van der Waals surface area contributed by atoms with Gasteiger partial charge in [0.2, 0.25) is 0 Å². The maximum Gasteiger partial charge on any atom is 0.307 e. The monoisotopic (exact) mass is 289 g/mol. The molecule has 0 radical (unpaired) electrons. The molecule has 9 nitrogen and oxygen atoms in total. The number of tetrazole rings is 1. The Bertz CT molecular complexity index is 797. The standard InChI is InChI=1S/C11H8FN7O2/c12-9-3-1-2-4-10(9)18-11(14-15-16-18)7-17-6-8(5-13-17)19(20)21/h1-6H,7H2. The van der Waals surface area contributed by atoms with Crippen molar-refractivity contribution >= 4 is 5.69 Å². The van der Waals surface area contributed by atoms with E-state index in [0.29, 0.717) is 5.82 Å². The normalized spacial score (nSPS) is 10.7. The van der Waals surface area contributed by atoms with E-state index in [0.717, 1.165) is 6.20 Å². The first-order valence-corrected chi connectivity index (χ1v) is 5.84. The highest BCUT2D eigenvalue weighted by Gasteiger charge is 2.15. The van der Waals surface area contributed by atoms with Crippen LogP contribution in [-0.2, 0) is 6.54 Å². The van der Waals surface area contributed by atoms with Gasteiger partial charge in [-0.2, -0.15) is 9.78 Å². The molecule has 0 amide bonds. The van der Waals surface area contributed by atoms with Crippen LogP contribution >= 0.6 is 0 Å². The third-order valence-corrected chi connectivity index (χ3v) is 2.75. The van der Waals surface area contributed by atoms with Crippen molar-refractivity contribution in [3.8, 4) is 5.69 Å². The molecule has 0 unspecified atom stereocenters. The van der Waals surface area contributed by atoms with Crippen LogP contribution < -0.4 is 0 Å². The predicted octanol–water partition coefficient (Wildman–Crippen LogP) is 0.954. The molecule has 3 rings (SSSR count). The molecule has 0 saturated carbocycles. The Morgan fingerprint density at radius 3 is 2.86 bits per heavy atom. The van der Waals surface area contributed by atoms with Crippen molar-refractivity contribution in [3.05, 3.63) is 58.4 Å². The van der Waals surface area contributed by atoms with Gasteiger partial charge in [-0.05, 0) is 22.6 Å². The number of para-hydroxylation sites is 1. The smallest absolute Gasteiger partial charge is 0.258 e. The third-order valence-electron chi connectivity index (χ3n) is 2.75. The van der Waals surface area contributed by atoms with Gasteiger partial charge in [-0.25, -0.2) is 4.39 Å². The molecule has 0 N–H and O–H groups in total. The minimum Gasteiger partial charge on any atom is -0.258 e. The van der Waals surface area contributed by atoms with E-state index in [9.17, 15) is 14.5 Å². The Kier molecular flexibility index (Phi) is 3.10. The SMILES string of the molecule is O=[N+]([O-])c1cnn(Cc2nnnn2-c2ccccc2F)c1. The lowest BCUT2D eigenvalue weighted by molar-refractivity contribution is -0.385. The van der Waals surface area contributed by atoms with Crippen LogP contribution in [0.2, 0.25) is 0 Å². The largest absolute Gasteiger partial charge is 0.307 e. The first-order valence-electron chi connectivity index (χ1n) is 5.84. The Morgan fingerprint density at radius 2 is 2.14 bits per heavy atom. The molecular weight excluding hydrogens is 281 g/mol. The molecule has 2 aromatic heterocycles. The molecule has 0 bridgehead atoms. The van der Waals surface area contributed by atoms with Crippen LogP contribution in [0.1, 0.15) is 5.82 Å². The van der Waals surface area contributed by atoms with Crippen molar-refractivity contribution in [2.75, 3.05) is 0 Å². The van der Waals surface area contributed by atoms with Crippen LogP contribution in [0.5, 0.6) is 0 Å². The van der Waals surface area contributed by atoms with Crippen LogP contribution in [0.25, 0.3) is 5.69 Å². The van der Waals surface area contributed by atoms with Gasteiger partial charge in [-0.3, -0.25) is 14.8 Å². The second kappa shape index (κ2) is 5.07. The summed E-state index contributed by atoms with van der Waals surface area (Å²) in [6.45, 7) is 0.0785. The summed E-state index contributed by atoms with van der Waals surface area (Å²) in [6, 6.07) is 6.03. The third kappa shape index (κ3) is 2.45. The van der Waals surface area contributed by atoms with Crippen molar-refractivity contribution in [1.29, 1.82) is 0 Å². The van der Waals surface area contributed by atoms with Gasteiger partial charge in [-0.1, -0.05) is 12.1 Å². The first-order chi connectivity index (χ1) is 10.1. The Balaban J connectivity index is 1.92. The highest BCUT2D eigenvalue weighted by molar-refractivity contribution is 5.32. The summed E-state index contributed by atoms with van der Waals surface area (Å²) >= 11 is 0. The first kappa shape index (κ1) is 12.8. The number of nitrogens with zero attached hydrogens (tertiary/aromatic N) is 7. The van der Waals surface area contributed by atoms with E-state index in [1.54, 1.807) is 12.1 Å².